The number of rotatable bonds is 7. The van der Waals surface area contributed by atoms with Crippen LogP contribution in [0.2, 0.25) is 0 Å². The first-order valence-electron chi connectivity index (χ1n) is 10.4. The van der Waals surface area contributed by atoms with Crippen molar-refractivity contribution < 1.29 is 0 Å². The maximum atomic E-state index is 2.51. The van der Waals surface area contributed by atoms with E-state index < -0.39 is 7.26 Å². The highest BCUT2D eigenvalue weighted by Crippen LogP contribution is 2.68. The van der Waals surface area contributed by atoms with Gasteiger partial charge in [-0.3, -0.25) is 0 Å². The lowest BCUT2D eigenvalue weighted by atomic mass is 9.81. The van der Waals surface area contributed by atoms with E-state index in [1.807, 2.05) is 0 Å². The molecule has 3 aromatic rings. The van der Waals surface area contributed by atoms with Crippen molar-refractivity contribution >= 4 is 23.2 Å². The van der Waals surface area contributed by atoms with Crippen LogP contribution in [0, 0.1) is 5.41 Å². The minimum atomic E-state index is -1.87. The summed E-state index contributed by atoms with van der Waals surface area (Å²) in [6.45, 7) is 12.2. The molecule has 3 aromatic carbocycles. The zero-order chi connectivity index (χ0) is 20.3. The third-order valence-corrected chi connectivity index (χ3v) is 11.4. The van der Waals surface area contributed by atoms with Crippen molar-refractivity contribution in [2.24, 2.45) is 5.41 Å². The number of benzene rings is 3. The molecule has 0 spiro atoms. The van der Waals surface area contributed by atoms with Crippen molar-refractivity contribution in [2.45, 2.75) is 52.6 Å². The zero-order valence-corrected chi connectivity index (χ0v) is 18.9. The molecule has 28 heavy (non-hydrogen) atoms. The van der Waals surface area contributed by atoms with Crippen molar-refractivity contribution in [2.75, 3.05) is 0 Å². The highest BCUT2D eigenvalue weighted by Gasteiger charge is 2.58. The minimum Gasteiger partial charge on any atom is -0.0649 e. The third kappa shape index (κ3) is 3.81. The van der Waals surface area contributed by atoms with Crippen LogP contribution in [0.1, 0.15) is 47.5 Å². The summed E-state index contributed by atoms with van der Waals surface area (Å²) in [4.78, 5) is 0. The highest BCUT2D eigenvalue weighted by atomic mass is 31.2. The first-order valence-corrected chi connectivity index (χ1v) is 12.2. The molecule has 0 aliphatic rings. The highest BCUT2D eigenvalue weighted by molar-refractivity contribution is 7.96. The summed E-state index contributed by atoms with van der Waals surface area (Å²) in [6, 6.07) is 33.8. The van der Waals surface area contributed by atoms with Gasteiger partial charge in [0.2, 0.25) is 0 Å². The average Bonchev–Trinajstić information content (AvgIpc) is 2.70. The van der Waals surface area contributed by atoms with E-state index in [1.54, 1.807) is 0 Å². The minimum absolute atomic E-state index is 0.122. The molecule has 0 nitrogen and oxygen atoms in total. The first kappa shape index (κ1) is 20.8. The van der Waals surface area contributed by atoms with Crippen LogP contribution in [0.3, 0.4) is 0 Å². The SMILES string of the molecule is CCC(C)(C)CC(C)(C)[P+](c1ccccc1)(c1ccccc1)c1ccccc1. The molecule has 146 valence electrons. The van der Waals surface area contributed by atoms with E-state index in [2.05, 4.69) is 126 Å². The van der Waals surface area contributed by atoms with E-state index in [4.69, 9.17) is 0 Å². The lowest BCUT2D eigenvalue weighted by Crippen LogP contribution is -2.46. The van der Waals surface area contributed by atoms with Gasteiger partial charge in [-0.05, 0) is 62.1 Å². The quantitative estimate of drug-likeness (QED) is 0.400. The molecule has 0 atom stereocenters. The maximum Gasteiger partial charge on any atom is 0.117 e. The summed E-state index contributed by atoms with van der Waals surface area (Å²) in [5, 5.41) is 4.55. The van der Waals surface area contributed by atoms with Crippen LogP contribution in [0.5, 0.6) is 0 Å². The third-order valence-electron chi connectivity index (χ3n) is 6.21. The molecule has 0 saturated carbocycles. The molecule has 0 aromatic heterocycles. The molecule has 0 aliphatic carbocycles. The van der Waals surface area contributed by atoms with Gasteiger partial charge in [0.1, 0.15) is 23.2 Å². The van der Waals surface area contributed by atoms with E-state index >= 15 is 0 Å². The summed E-state index contributed by atoms with van der Waals surface area (Å²) in [6.07, 6.45) is 2.37. The number of hydrogen-bond acceptors (Lipinski definition) is 0. The summed E-state index contributed by atoms with van der Waals surface area (Å²) < 4.78 is 0. The van der Waals surface area contributed by atoms with Gasteiger partial charge in [0.15, 0.2) is 0 Å². The smallest absolute Gasteiger partial charge is 0.0649 e. The molecule has 0 bridgehead atoms. The van der Waals surface area contributed by atoms with Crippen LogP contribution in [-0.4, -0.2) is 5.16 Å². The number of hydrogen-bond donors (Lipinski definition) is 0. The largest absolute Gasteiger partial charge is 0.117 e. The van der Waals surface area contributed by atoms with Gasteiger partial charge in [-0.2, -0.15) is 0 Å². The molecule has 1 heteroatoms. The van der Waals surface area contributed by atoms with E-state index in [0.29, 0.717) is 5.41 Å². The van der Waals surface area contributed by atoms with Crippen LogP contribution in [0.15, 0.2) is 91.0 Å². The van der Waals surface area contributed by atoms with Gasteiger partial charge in [0.05, 0.1) is 5.16 Å². The second-order valence-electron chi connectivity index (χ2n) is 9.18. The van der Waals surface area contributed by atoms with Gasteiger partial charge in [-0.1, -0.05) is 81.8 Å². The Kier molecular flexibility index (Phi) is 6.11. The summed E-state index contributed by atoms with van der Waals surface area (Å²) in [5.41, 5.74) is 0.299. The lowest BCUT2D eigenvalue weighted by molar-refractivity contribution is 0.290. The van der Waals surface area contributed by atoms with Crippen LogP contribution >= 0.6 is 7.26 Å². The van der Waals surface area contributed by atoms with E-state index in [1.165, 1.54) is 28.8 Å². The lowest BCUT2D eigenvalue weighted by Gasteiger charge is -2.44. The van der Waals surface area contributed by atoms with Crippen molar-refractivity contribution in [3.05, 3.63) is 91.0 Å². The van der Waals surface area contributed by atoms with Crippen molar-refractivity contribution in [3.8, 4) is 0 Å². The molecular formula is C27H34P+. The summed E-state index contributed by atoms with van der Waals surface area (Å²) >= 11 is 0. The van der Waals surface area contributed by atoms with E-state index in [9.17, 15) is 0 Å². The molecular weight excluding hydrogens is 355 g/mol. The molecule has 0 aliphatic heterocycles. The van der Waals surface area contributed by atoms with Gasteiger partial charge < -0.3 is 0 Å². The fourth-order valence-corrected chi connectivity index (χ4v) is 10.4. The first-order chi connectivity index (χ1) is 13.3. The molecule has 3 rings (SSSR count). The summed E-state index contributed by atoms with van der Waals surface area (Å²) in [5.74, 6) is 0. The topological polar surface area (TPSA) is 0 Å². The summed E-state index contributed by atoms with van der Waals surface area (Å²) in [7, 11) is -1.87. The Morgan fingerprint density at radius 1 is 0.571 bits per heavy atom. The fourth-order valence-electron chi connectivity index (χ4n) is 4.87. The maximum absolute atomic E-state index is 2.51. The van der Waals surface area contributed by atoms with Gasteiger partial charge in [0, 0.05) is 0 Å². The Morgan fingerprint density at radius 2 is 0.893 bits per heavy atom. The predicted octanol–water partition coefficient (Wildman–Crippen LogP) is 6.59. The second-order valence-corrected chi connectivity index (χ2v) is 13.3. The molecule has 0 amide bonds. The normalized spacial score (nSPS) is 12.8. The molecule has 0 heterocycles. The van der Waals surface area contributed by atoms with Crippen LogP contribution in [-0.2, 0) is 0 Å². The standard InChI is InChI=1S/C27H34P/c1-6-26(2,3)22-27(4,5)28(23-16-10-7-11-17-23,24-18-12-8-13-19-24)25-20-14-9-15-21-25/h7-21H,6,22H2,1-5H3/q+1. The Morgan fingerprint density at radius 3 is 1.18 bits per heavy atom. The monoisotopic (exact) mass is 389 g/mol. The molecule has 0 N–H and O–H groups in total. The Hall–Kier alpha value is -1.91. The van der Waals surface area contributed by atoms with Crippen LogP contribution in [0.25, 0.3) is 0 Å². The Labute approximate surface area is 172 Å². The van der Waals surface area contributed by atoms with Gasteiger partial charge in [-0.15, -0.1) is 0 Å². The van der Waals surface area contributed by atoms with Crippen molar-refractivity contribution in [1.29, 1.82) is 0 Å². The van der Waals surface area contributed by atoms with Crippen LogP contribution < -0.4 is 15.9 Å². The van der Waals surface area contributed by atoms with Gasteiger partial charge >= 0.3 is 0 Å². The Balaban J connectivity index is 2.38. The van der Waals surface area contributed by atoms with Crippen molar-refractivity contribution in [3.63, 3.8) is 0 Å². The molecule has 0 saturated heterocycles. The second kappa shape index (κ2) is 8.22. The van der Waals surface area contributed by atoms with Crippen molar-refractivity contribution in [1.82, 2.24) is 0 Å². The molecule has 0 unspecified atom stereocenters. The van der Waals surface area contributed by atoms with Gasteiger partial charge in [0.25, 0.3) is 0 Å². The van der Waals surface area contributed by atoms with E-state index in [-0.39, 0.29) is 5.16 Å². The van der Waals surface area contributed by atoms with Crippen LogP contribution in [0.4, 0.5) is 0 Å². The average molecular weight is 390 g/mol. The Bertz CT molecular complexity index is 767. The molecule has 0 radical (unpaired) electrons. The van der Waals surface area contributed by atoms with E-state index in [0.717, 1.165) is 0 Å². The predicted molar refractivity (Wildman–Crippen MR) is 128 cm³/mol. The molecule has 0 fully saturated rings. The zero-order valence-electron chi connectivity index (χ0n) is 18.0. The van der Waals surface area contributed by atoms with Gasteiger partial charge in [-0.25, -0.2) is 0 Å². The fraction of sp³-hybridized carbons (Fsp3) is 0.333.